The van der Waals surface area contributed by atoms with Gasteiger partial charge in [0.05, 0.1) is 0 Å². The van der Waals surface area contributed by atoms with Crippen molar-refractivity contribution >= 4 is 46.4 Å². The Bertz CT molecular complexity index is 610. The molecule has 0 heterocycles. The number of hydrogen-bond acceptors (Lipinski definition) is 5. The highest BCUT2D eigenvalue weighted by Crippen LogP contribution is 2.15. The van der Waals surface area contributed by atoms with Gasteiger partial charge < -0.3 is 14.8 Å². The van der Waals surface area contributed by atoms with Crippen molar-refractivity contribution in [2.24, 2.45) is 0 Å². The molecule has 0 fully saturated rings. The molecular formula is C18H22INO4S. The summed E-state index contributed by atoms with van der Waals surface area (Å²) in [5.74, 6) is 2.80. The van der Waals surface area contributed by atoms with Crippen LogP contribution in [-0.4, -0.2) is 33.6 Å². The molecule has 1 aromatic rings. The Hall–Kier alpha value is -1.40. The number of ether oxygens (including phenoxy) is 2. The second kappa shape index (κ2) is 10.6. The van der Waals surface area contributed by atoms with E-state index in [0.717, 1.165) is 5.56 Å². The molecule has 7 heteroatoms. The van der Waals surface area contributed by atoms with Crippen LogP contribution < -0.4 is 5.32 Å². The lowest BCUT2D eigenvalue weighted by atomic mass is 10.2. The molecule has 5 nitrogen and oxygen atoms in total. The van der Waals surface area contributed by atoms with E-state index in [0.29, 0.717) is 11.5 Å². The minimum absolute atomic E-state index is 0.348. The molecule has 0 aliphatic heterocycles. The zero-order chi connectivity index (χ0) is 18.9. The number of thioether (sulfide) groups is 1. The smallest absolute Gasteiger partial charge is 0.408 e. The number of alkyl halides is 1. The topological polar surface area (TPSA) is 64.6 Å². The van der Waals surface area contributed by atoms with Gasteiger partial charge in [0.1, 0.15) is 11.6 Å². The van der Waals surface area contributed by atoms with Crippen LogP contribution in [0.15, 0.2) is 30.3 Å². The SMILES string of the molecule is C#CC(I)OC(=O)[C@H](CSCc1ccccc1)NC(=O)OC(C)(C)C. The molecule has 0 aliphatic carbocycles. The third-order valence-electron chi connectivity index (χ3n) is 2.72. The van der Waals surface area contributed by atoms with Crippen LogP contribution in [0.3, 0.4) is 0 Å². The van der Waals surface area contributed by atoms with Gasteiger partial charge in [-0.05, 0) is 48.9 Å². The van der Waals surface area contributed by atoms with Crippen LogP contribution >= 0.6 is 34.4 Å². The molecule has 0 aliphatic rings. The number of halogens is 1. The van der Waals surface area contributed by atoms with Gasteiger partial charge in [-0.15, -0.1) is 6.42 Å². The molecule has 1 rings (SSSR count). The number of rotatable bonds is 7. The van der Waals surface area contributed by atoms with Crippen molar-refractivity contribution in [1.82, 2.24) is 5.32 Å². The maximum absolute atomic E-state index is 12.2. The Balaban J connectivity index is 2.65. The molecular weight excluding hydrogens is 453 g/mol. The van der Waals surface area contributed by atoms with Gasteiger partial charge in [0, 0.05) is 11.5 Å². The normalized spacial score (nSPS) is 13.2. The van der Waals surface area contributed by atoms with E-state index in [-0.39, 0.29) is 0 Å². The molecule has 136 valence electrons. The lowest BCUT2D eigenvalue weighted by molar-refractivity contribution is -0.144. The van der Waals surface area contributed by atoms with Gasteiger partial charge in [-0.3, -0.25) is 0 Å². The van der Waals surface area contributed by atoms with Crippen LogP contribution in [0, 0.1) is 12.3 Å². The van der Waals surface area contributed by atoms with E-state index in [4.69, 9.17) is 15.9 Å². The lowest BCUT2D eigenvalue weighted by Crippen LogP contribution is -2.46. The summed E-state index contributed by atoms with van der Waals surface area (Å²) in [4.78, 5) is 24.2. The molecule has 25 heavy (non-hydrogen) atoms. The molecule has 1 aromatic carbocycles. The number of esters is 1. The van der Waals surface area contributed by atoms with Gasteiger partial charge in [0.15, 0.2) is 0 Å². The van der Waals surface area contributed by atoms with Gasteiger partial charge in [0.25, 0.3) is 0 Å². The first-order valence-corrected chi connectivity index (χ1v) is 10.0. The summed E-state index contributed by atoms with van der Waals surface area (Å²) in [5.41, 5.74) is 0.479. The van der Waals surface area contributed by atoms with Gasteiger partial charge in [-0.1, -0.05) is 36.3 Å². The third kappa shape index (κ3) is 9.60. The fraction of sp³-hybridized carbons (Fsp3) is 0.444. The molecule has 2 atom stereocenters. The van der Waals surface area contributed by atoms with Crippen molar-refractivity contribution in [3.63, 3.8) is 0 Å². The number of nitrogens with one attached hydrogen (secondary N) is 1. The summed E-state index contributed by atoms with van der Waals surface area (Å²) in [6, 6.07) is 9.01. The Kier molecular flexibility index (Phi) is 9.14. The maximum atomic E-state index is 12.2. The fourth-order valence-corrected chi connectivity index (χ4v) is 2.96. The highest BCUT2D eigenvalue weighted by atomic mass is 127. The van der Waals surface area contributed by atoms with E-state index in [2.05, 4.69) is 11.2 Å². The Labute approximate surface area is 166 Å². The minimum atomic E-state index is -0.839. The summed E-state index contributed by atoms with van der Waals surface area (Å²) >= 11 is 3.34. The van der Waals surface area contributed by atoms with Crippen molar-refractivity contribution in [3.8, 4) is 12.3 Å². The fourth-order valence-electron chi connectivity index (χ4n) is 1.71. The predicted molar refractivity (Wildman–Crippen MR) is 108 cm³/mol. The molecule has 0 radical (unpaired) electrons. The van der Waals surface area contributed by atoms with Gasteiger partial charge in [-0.2, -0.15) is 11.8 Å². The Morgan fingerprint density at radius 2 is 1.96 bits per heavy atom. The van der Waals surface area contributed by atoms with Crippen LogP contribution in [-0.2, 0) is 20.0 Å². The monoisotopic (exact) mass is 475 g/mol. The van der Waals surface area contributed by atoms with Gasteiger partial charge in [-0.25, -0.2) is 9.59 Å². The average molecular weight is 475 g/mol. The largest absolute Gasteiger partial charge is 0.444 e. The molecule has 1 N–H and O–H groups in total. The number of terminal acetylenes is 1. The molecule has 0 saturated carbocycles. The van der Waals surface area contributed by atoms with E-state index in [1.165, 1.54) is 11.8 Å². The maximum Gasteiger partial charge on any atom is 0.408 e. The molecule has 0 aromatic heterocycles. The standard InChI is InChI=1S/C18H22INO4S/c1-5-15(19)23-16(21)14(20-17(22)24-18(2,3)4)12-25-11-13-9-7-6-8-10-13/h1,6-10,14-15H,11-12H2,2-4H3,(H,20,22)/t14-,15?/m0/s1. The van der Waals surface area contributed by atoms with E-state index < -0.39 is 27.8 Å². The van der Waals surface area contributed by atoms with Gasteiger partial charge >= 0.3 is 12.1 Å². The second-order valence-electron chi connectivity index (χ2n) is 6.12. The molecule has 0 saturated heterocycles. The number of hydrogen-bond donors (Lipinski definition) is 1. The third-order valence-corrected chi connectivity index (χ3v) is 4.44. The molecule has 1 unspecified atom stereocenters. The van der Waals surface area contributed by atoms with Crippen molar-refractivity contribution in [1.29, 1.82) is 0 Å². The number of carbonyl (C=O) groups is 2. The lowest BCUT2D eigenvalue weighted by Gasteiger charge is -2.23. The van der Waals surface area contributed by atoms with E-state index in [1.54, 1.807) is 20.8 Å². The second-order valence-corrected chi connectivity index (χ2v) is 8.28. The van der Waals surface area contributed by atoms with Crippen molar-refractivity contribution < 1.29 is 19.1 Å². The van der Waals surface area contributed by atoms with Crippen molar-refractivity contribution in [3.05, 3.63) is 35.9 Å². The quantitative estimate of drug-likeness (QED) is 0.282. The summed E-state index contributed by atoms with van der Waals surface area (Å²) in [7, 11) is 0. The van der Waals surface area contributed by atoms with E-state index in [9.17, 15) is 9.59 Å². The molecule has 0 bridgehead atoms. The predicted octanol–water partition coefficient (Wildman–Crippen LogP) is 3.75. The zero-order valence-corrected chi connectivity index (χ0v) is 17.4. The van der Waals surface area contributed by atoms with Crippen molar-refractivity contribution in [2.45, 2.75) is 42.3 Å². The van der Waals surface area contributed by atoms with Crippen LogP contribution in [0.25, 0.3) is 0 Å². The summed E-state index contributed by atoms with van der Waals surface area (Å²) in [5, 5.41) is 2.56. The van der Waals surface area contributed by atoms with Crippen LogP contribution in [0.5, 0.6) is 0 Å². The van der Waals surface area contributed by atoms with Crippen LogP contribution in [0.4, 0.5) is 4.79 Å². The summed E-state index contributed by atoms with van der Waals surface area (Å²) in [6.07, 6.45) is 4.56. The minimum Gasteiger partial charge on any atom is -0.444 e. The highest BCUT2D eigenvalue weighted by molar-refractivity contribution is 14.1. The van der Waals surface area contributed by atoms with Crippen molar-refractivity contribution in [2.75, 3.05) is 5.75 Å². The van der Waals surface area contributed by atoms with Crippen LogP contribution in [0.1, 0.15) is 26.3 Å². The van der Waals surface area contributed by atoms with E-state index in [1.807, 2.05) is 52.9 Å². The summed E-state index contributed by atoms with van der Waals surface area (Å²) < 4.78 is 9.64. The van der Waals surface area contributed by atoms with E-state index >= 15 is 0 Å². The first-order chi connectivity index (χ1) is 11.7. The number of carbonyl (C=O) groups excluding carboxylic acids is 2. The Morgan fingerprint density at radius 3 is 2.52 bits per heavy atom. The zero-order valence-electron chi connectivity index (χ0n) is 14.5. The Morgan fingerprint density at radius 1 is 1.32 bits per heavy atom. The first-order valence-electron chi connectivity index (χ1n) is 7.63. The van der Waals surface area contributed by atoms with Gasteiger partial charge in [0.2, 0.25) is 4.11 Å². The first kappa shape index (κ1) is 21.6. The summed E-state index contributed by atoms with van der Waals surface area (Å²) in [6.45, 7) is 5.26. The number of alkyl carbamates (subject to hydrolysis) is 1. The molecule has 1 amide bonds. The van der Waals surface area contributed by atoms with Crippen LogP contribution in [0.2, 0.25) is 0 Å². The number of amides is 1. The number of benzene rings is 1. The highest BCUT2D eigenvalue weighted by Gasteiger charge is 2.26. The molecule has 0 spiro atoms. The average Bonchev–Trinajstić information content (AvgIpc) is 2.53.